The van der Waals surface area contributed by atoms with Gasteiger partial charge in [0.25, 0.3) is 10.0 Å². The van der Waals surface area contributed by atoms with Crippen LogP contribution < -0.4 is 0 Å². The maximum Gasteiger partial charge on any atom is 0.289 e. The zero-order valence-electron chi connectivity index (χ0n) is 8.78. The van der Waals surface area contributed by atoms with Crippen LogP contribution in [0.4, 0.5) is 0 Å². The summed E-state index contributed by atoms with van der Waals surface area (Å²) in [5.41, 5.74) is 0. The molecule has 5 heteroatoms. The normalized spacial score (nSPS) is 20.6. The molecule has 0 saturated carbocycles. The van der Waals surface area contributed by atoms with Crippen molar-refractivity contribution in [1.82, 2.24) is 0 Å². The van der Waals surface area contributed by atoms with Crippen molar-refractivity contribution >= 4 is 20.7 Å². The Kier molecular flexibility index (Phi) is 2.38. The monoisotopic (exact) mass is 263 g/mol. The average Bonchev–Trinajstić information content (AvgIpc) is 2.64. The molecule has 0 unspecified atom stereocenters. The predicted octanol–water partition coefficient (Wildman–Crippen LogP) is 2.61. The second-order valence-corrected chi connectivity index (χ2v) is 7.06. The first-order chi connectivity index (χ1) is 8.18. The van der Waals surface area contributed by atoms with Crippen molar-refractivity contribution in [3.63, 3.8) is 0 Å². The summed E-state index contributed by atoms with van der Waals surface area (Å²) in [4.78, 5) is 2.06. The van der Waals surface area contributed by atoms with Gasteiger partial charge in [-0.3, -0.25) is 0 Å². The predicted molar refractivity (Wildman–Crippen MR) is 66.4 cm³/mol. The van der Waals surface area contributed by atoms with E-state index in [1.54, 1.807) is 12.1 Å². The van der Waals surface area contributed by atoms with E-state index in [1.165, 1.54) is 0 Å². The molecule has 86 valence electrons. The fraction of sp³-hybridized carbons (Fsp3) is 0. The number of nitrogens with zero attached hydrogens (tertiary/aromatic N) is 1. The molecule has 3 nitrogen and oxygen atoms in total. The SMILES string of the molecule is O=S1(=O)N=[S@@](c2ccccc2)c2ccccc21. The lowest BCUT2D eigenvalue weighted by Crippen LogP contribution is -1.91. The van der Waals surface area contributed by atoms with Crippen molar-refractivity contribution in [2.24, 2.45) is 3.77 Å². The van der Waals surface area contributed by atoms with E-state index < -0.39 is 20.7 Å². The van der Waals surface area contributed by atoms with Crippen molar-refractivity contribution in [3.05, 3.63) is 54.6 Å². The van der Waals surface area contributed by atoms with E-state index in [2.05, 4.69) is 3.77 Å². The molecule has 1 atom stereocenters. The Bertz CT molecular complexity index is 706. The minimum Gasteiger partial charge on any atom is -0.199 e. The van der Waals surface area contributed by atoms with Crippen LogP contribution in [0.1, 0.15) is 0 Å². The number of hydrogen-bond donors (Lipinski definition) is 0. The van der Waals surface area contributed by atoms with Gasteiger partial charge in [-0.25, -0.2) is 0 Å². The quantitative estimate of drug-likeness (QED) is 0.794. The first kappa shape index (κ1) is 10.7. The van der Waals surface area contributed by atoms with E-state index in [-0.39, 0.29) is 0 Å². The van der Waals surface area contributed by atoms with Gasteiger partial charge in [-0.1, -0.05) is 30.3 Å². The summed E-state index contributed by atoms with van der Waals surface area (Å²) in [6.07, 6.45) is 0. The lowest BCUT2D eigenvalue weighted by Gasteiger charge is -2.02. The smallest absolute Gasteiger partial charge is 0.199 e. The van der Waals surface area contributed by atoms with Crippen molar-refractivity contribution in [2.75, 3.05) is 0 Å². The van der Waals surface area contributed by atoms with E-state index in [0.717, 1.165) is 9.79 Å². The molecule has 0 bridgehead atoms. The van der Waals surface area contributed by atoms with Gasteiger partial charge in [0.05, 0.1) is 0 Å². The summed E-state index contributed by atoms with van der Waals surface area (Å²) in [5.74, 6) is 0. The molecular weight excluding hydrogens is 254 g/mol. The van der Waals surface area contributed by atoms with Crippen LogP contribution in [-0.4, -0.2) is 8.42 Å². The number of sulfonamides is 1. The van der Waals surface area contributed by atoms with Crippen LogP contribution in [-0.2, 0) is 20.7 Å². The Morgan fingerprint density at radius 1 is 0.882 bits per heavy atom. The summed E-state index contributed by atoms with van der Waals surface area (Å²) in [6, 6.07) is 16.5. The minimum atomic E-state index is -3.47. The van der Waals surface area contributed by atoms with Crippen molar-refractivity contribution in [1.29, 1.82) is 0 Å². The zero-order valence-corrected chi connectivity index (χ0v) is 10.4. The van der Waals surface area contributed by atoms with Gasteiger partial charge in [-0.2, -0.15) is 8.42 Å². The Labute approximate surface area is 102 Å². The van der Waals surface area contributed by atoms with E-state index >= 15 is 0 Å². The second-order valence-electron chi connectivity index (χ2n) is 3.59. The van der Waals surface area contributed by atoms with Crippen LogP contribution >= 0.6 is 0 Å². The molecule has 1 aliphatic rings. The third-order valence-electron chi connectivity index (χ3n) is 2.47. The standard InChI is InChI=1S/C12H9NO2S2/c14-17(15)12-9-5-4-8-11(12)16(13-17)10-6-2-1-3-7-10/h1-9H/t16-/m0/s1. The van der Waals surface area contributed by atoms with Crippen LogP contribution in [0.2, 0.25) is 0 Å². The van der Waals surface area contributed by atoms with Crippen LogP contribution in [0.5, 0.6) is 0 Å². The van der Waals surface area contributed by atoms with E-state index in [1.807, 2.05) is 42.5 Å². The van der Waals surface area contributed by atoms with Gasteiger partial charge in [-0.05, 0) is 35.0 Å². The first-order valence-electron chi connectivity index (χ1n) is 5.05. The molecule has 1 heterocycles. The Hall–Kier alpha value is -1.46. The van der Waals surface area contributed by atoms with Gasteiger partial charge in [-0.15, -0.1) is 3.77 Å². The highest BCUT2D eigenvalue weighted by molar-refractivity contribution is 8.02. The average molecular weight is 263 g/mol. The Balaban J connectivity index is 2.29. The van der Waals surface area contributed by atoms with Gasteiger partial charge in [0, 0.05) is 9.79 Å². The van der Waals surface area contributed by atoms with Gasteiger partial charge < -0.3 is 0 Å². The summed E-state index contributed by atoms with van der Waals surface area (Å²) in [6.45, 7) is 0. The first-order valence-corrected chi connectivity index (χ1v) is 7.67. The molecular formula is C12H9NO2S2. The fourth-order valence-electron chi connectivity index (χ4n) is 1.72. The van der Waals surface area contributed by atoms with Crippen LogP contribution in [0, 0.1) is 0 Å². The number of hydrogen-bond acceptors (Lipinski definition) is 2. The van der Waals surface area contributed by atoms with E-state index in [0.29, 0.717) is 4.90 Å². The third-order valence-corrected chi connectivity index (χ3v) is 6.39. The minimum absolute atomic E-state index is 0.340. The Morgan fingerprint density at radius 2 is 1.53 bits per heavy atom. The zero-order chi connectivity index (χ0) is 11.9. The second kappa shape index (κ2) is 3.78. The molecule has 0 amide bonds. The van der Waals surface area contributed by atoms with Gasteiger partial charge in [0.1, 0.15) is 4.90 Å². The van der Waals surface area contributed by atoms with Crippen molar-refractivity contribution in [2.45, 2.75) is 14.7 Å². The topological polar surface area (TPSA) is 46.5 Å². The lowest BCUT2D eigenvalue weighted by molar-refractivity contribution is 0.598. The van der Waals surface area contributed by atoms with Crippen LogP contribution in [0.3, 0.4) is 0 Å². The molecule has 0 spiro atoms. The number of fused-ring (bicyclic) bond motifs is 1. The number of rotatable bonds is 1. The maximum absolute atomic E-state index is 11.9. The molecule has 0 saturated heterocycles. The van der Waals surface area contributed by atoms with Gasteiger partial charge in [0.2, 0.25) is 0 Å². The molecule has 17 heavy (non-hydrogen) atoms. The summed E-state index contributed by atoms with van der Waals surface area (Å²) >= 11 is 0. The molecule has 0 fully saturated rings. The highest BCUT2D eigenvalue weighted by Gasteiger charge is 2.28. The maximum atomic E-state index is 11.9. The lowest BCUT2D eigenvalue weighted by atomic mass is 10.4. The molecule has 0 aromatic heterocycles. The van der Waals surface area contributed by atoms with Crippen molar-refractivity contribution in [3.8, 4) is 0 Å². The summed E-state index contributed by atoms with van der Waals surface area (Å²) in [5, 5.41) is 0. The van der Waals surface area contributed by atoms with Crippen LogP contribution in [0.25, 0.3) is 0 Å². The molecule has 2 aromatic rings. The molecule has 0 radical (unpaired) electrons. The van der Waals surface area contributed by atoms with Gasteiger partial charge in [0.15, 0.2) is 0 Å². The summed E-state index contributed by atoms with van der Waals surface area (Å²) in [7, 11) is -4.16. The molecule has 0 N–H and O–H groups in total. The molecule has 3 rings (SSSR count). The highest BCUT2D eigenvalue weighted by Crippen LogP contribution is 2.33. The molecule has 2 aromatic carbocycles. The van der Waals surface area contributed by atoms with Gasteiger partial charge >= 0.3 is 0 Å². The molecule has 0 aliphatic carbocycles. The van der Waals surface area contributed by atoms with Crippen LogP contribution in [0.15, 0.2) is 73.1 Å². The molecule has 1 aliphatic heterocycles. The third kappa shape index (κ3) is 1.71. The van der Waals surface area contributed by atoms with E-state index in [4.69, 9.17) is 0 Å². The van der Waals surface area contributed by atoms with Crippen molar-refractivity contribution < 1.29 is 8.42 Å². The highest BCUT2D eigenvalue weighted by atomic mass is 32.3. The van der Waals surface area contributed by atoms with E-state index in [9.17, 15) is 8.42 Å². The largest absolute Gasteiger partial charge is 0.289 e. The summed E-state index contributed by atoms with van der Waals surface area (Å²) < 4.78 is 27.7. The Morgan fingerprint density at radius 3 is 2.29 bits per heavy atom. The number of benzene rings is 2. The fourth-order valence-corrected chi connectivity index (χ4v) is 5.75.